The van der Waals surface area contributed by atoms with Crippen LogP contribution in [0, 0.1) is 11.8 Å². The highest BCUT2D eigenvalue weighted by Crippen LogP contribution is 2.19. The second-order valence-electron chi connectivity index (χ2n) is 5.49. The number of benzene rings is 1. The minimum Gasteiger partial charge on any atom is -0.468 e. The molecule has 2 amide bonds. The van der Waals surface area contributed by atoms with Crippen molar-refractivity contribution < 1.29 is 28.7 Å². The average Bonchev–Trinajstić information content (AvgIpc) is 2.59. The van der Waals surface area contributed by atoms with Gasteiger partial charge in [0, 0.05) is 5.92 Å². The molecule has 25 heavy (non-hydrogen) atoms. The summed E-state index contributed by atoms with van der Waals surface area (Å²) in [4.78, 5) is 47.7. The Kier molecular flexibility index (Phi) is 7.58. The summed E-state index contributed by atoms with van der Waals surface area (Å²) in [5, 5.41) is 2.47. The smallest absolute Gasteiger partial charge is 0.320 e. The fourth-order valence-electron chi connectivity index (χ4n) is 2.44. The van der Waals surface area contributed by atoms with Gasteiger partial charge in [-0.3, -0.25) is 19.2 Å². The molecule has 0 heterocycles. The van der Waals surface area contributed by atoms with Gasteiger partial charge in [-0.25, -0.2) is 0 Å². The van der Waals surface area contributed by atoms with E-state index in [0.29, 0.717) is 0 Å². The molecular weight excluding hydrogens is 328 g/mol. The maximum absolute atomic E-state index is 12.2. The molecule has 0 spiro atoms. The van der Waals surface area contributed by atoms with Gasteiger partial charge in [0.15, 0.2) is 5.92 Å². The van der Waals surface area contributed by atoms with Gasteiger partial charge in [0.25, 0.3) is 0 Å². The first-order chi connectivity index (χ1) is 11.8. The van der Waals surface area contributed by atoms with Crippen molar-refractivity contribution in [3.05, 3.63) is 35.9 Å². The molecule has 8 nitrogen and oxygen atoms in total. The van der Waals surface area contributed by atoms with E-state index in [1.54, 1.807) is 24.3 Å². The molecular formula is C17H22N2O6. The lowest BCUT2D eigenvalue weighted by Gasteiger charge is -2.26. The van der Waals surface area contributed by atoms with Crippen LogP contribution < -0.4 is 11.1 Å². The van der Waals surface area contributed by atoms with Gasteiger partial charge in [-0.05, 0) is 5.56 Å². The number of nitrogens with one attached hydrogen (secondary N) is 1. The molecule has 0 saturated carbocycles. The van der Waals surface area contributed by atoms with E-state index in [0.717, 1.165) is 19.8 Å². The minimum absolute atomic E-state index is 0.0262. The molecule has 3 N–H and O–H groups in total. The number of carbonyl (C=O) groups is 4. The summed E-state index contributed by atoms with van der Waals surface area (Å²) in [5.74, 6) is -5.41. The van der Waals surface area contributed by atoms with Gasteiger partial charge >= 0.3 is 11.9 Å². The number of methoxy groups -OCH3 is 2. The number of carbonyl (C=O) groups excluding carboxylic acids is 4. The summed E-state index contributed by atoms with van der Waals surface area (Å²) in [6.07, 6.45) is 0.0262. The lowest BCUT2D eigenvalue weighted by atomic mass is 9.86. The van der Waals surface area contributed by atoms with Crippen molar-refractivity contribution in [2.75, 3.05) is 14.2 Å². The third kappa shape index (κ3) is 5.59. The fraction of sp³-hybridized carbons (Fsp3) is 0.412. The molecule has 1 aromatic rings. The lowest BCUT2D eigenvalue weighted by molar-refractivity contribution is -0.162. The Bertz CT molecular complexity index is 615. The zero-order valence-corrected chi connectivity index (χ0v) is 14.4. The summed E-state index contributed by atoms with van der Waals surface area (Å²) in [6, 6.07) is 7.65. The van der Waals surface area contributed by atoms with Gasteiger partial charge in [0.2, 0.25) is 11.8 Å². The number of amides is 2. The third-order valence-electron chi connectivity index (χ3n) is 3.79. The molecule has 2 atom stereocenters. The Morgan fingerprint density at radius 1 is 1.04 bits per heavy atom. The molecule has 0 saturated heterocycles. The van der Waals surface area contributed by atoms with Crippen molar-refractivity contribution in [1.82, 2.24) is 5.32 Å². The van der Waals surface area contributed by atoms with Crippen molar-refractivity contribution in [3.8, 4) is 0 Å². The molecule has 0 aromatic heterocycles. The zero-order chi connectivity index (χ0) is 19.0. The minimum atomic E-state index is -1.38. The number of rotatable bonds is 8. The SMILES string of the molecule is COC(=O)C(C(=O)OC)[C@@H](C)[C@@H](NC(=O)Cc1ccccc1)C(N)=O. The van der Waals surface area contributed by atoms with E-state index in [1.165, 1.54) is 6.92 Å². The summed E-state index contributed by atoms with van der Waals surface area (Å²) in [6.45, 7) is 1.44. The highest BCUT2D eigenvalue weighted by Gasteiger charge is 2.41. The number of nitrogens with two attached hydrogens (primary N) is 1. The molecule has 8 heteroatoms. The first kappa shape index (κ1) is 20.1. The highest BCUT2D eigenvalue weighted by molar-refractivity contribution is 5.97. The second-order valence-corrected chi connectivity index (χ2v) is 5.49. The van der Waals surface area contributed by atoms with Crippen LogP contribution in [0.5, 0.6) is 0 Å². The molecule has 136 valence electrons. The van der Waals surface area contributed by atoms with E-state index in [9.17, 15) is 19.2 Å². The summed E-state index contributed by atoms with van der Waals surface area (Å²) < 4.78 is 9.16. The summed E-state index contributed by atoms with van der Waals surface area (Å²) in [7, 11) is 2.22. The maximum Gasteiger partial charge on any atom is 0.320 e. The Labute approximate surface area is 145 Å². The molecule has 0 aliphatic carbocycles. The van der Waals surface area contributed by atoms with E-state index in [1.807, 2.05) is 6.07 Å². The predicted octanol–water partition coefficient (Wildman–Crippen LogP) is -0.202. The Hall–Kier alpha value is -2.90. The molecule has 0 aliphatic heterocycles. The van der Waals surface area contributed by atoms with Crippen LogP contribution in [0.15, 0.2) is 30.3 Å². The topological polar surface area (TPSA) is 125 Å². The van der Waals surface area contributed by atoms with Crippen LogP contribution >= 0.6 is 0 Å². The van der Waals surface area contributed by atoms with Gasteiger partial charge in [-0.1, -0.05) is 37.3 Å². The molecule has 1 aromatic carbocycles. The van der Waals surface area contributed by atoms with Crippen molar-refractivity contribution in [2.45, 2.75) is 19.4 Å². The monoisotopic (exact) mass is 350 g/mol. The largest absolute Gasteiger partial charge is 0.468 e. The van der Waals surface area contributed by atoms with Crippen molar-refractivity contribution >= 4 is 23.8 Å². The molecule has 0 aliphatic rings. The number of esters is 2. The van der Waals surface area contributed by atoms with Gasteiger partial charge in [-0.15, -0.1) is 0 Å². The molecule has 0 fully saturated rings. The molecule has 1 rings (SSSR count). The van der Waals surface area contributed by atoms with E-state index in [4.69, 9.17) is 5.73 Å². The van der Waals surface area contributed by atoms with E-state index in [-0.39, 0.29) is 6.42 Å². The van der Waals surface area contributed by atoms with Crippen LogP contribution in [0.4, 0.5) is 0 Å². The van der Waals surface area contributed by atoms with E-state index in [2.05, 4.69) is 14.8 Å². The van der Waals surface area contributed by atoms with E-state index >= 15 is 0 Å². The first-order valence-corrected chi connectivity index (χ1v) is 7.60. The second kappa shape index (κ2) is 9.41. The van der Waals surface area contributed by atoms with Gasteiger partial charge in [0.05, 0.1) is 20.6 Å². The maximum atomic E-state index is 12.2. The van der Waals surface area contributed by atoms with Gasteiger partial charge < -0.3 is 20.5 Å². The number of hydrogen-bond acceptors (Lipinski definition) is 6. The van der Waals surface area contributed by atoms with Crippen LogP contribution in [0.25, 0.3) is 0 Å². The zero-order valence-electron chi connectivity index (χ0n) is 14.4. The van der Waals surface area contributed by atoms with Crippen LogP contribution in [0.2, 0.25) is 0 Å². The highest BCUT2D eigenvalue weighted by atomic mass is 16.5. The van der Waals surface area contributed by atoms with Crippen molar-refractivity contribution in [3.63, 3.8) is 0 Å². The lowest BCUT2D eigenvalue weighted by Crippen LogP contribution is -2.53. The molecule has 0 bridgehead atoms. The molecule has 0 radical (unpaired) electrons. The Morgan fingerprint density at radius 2 is 1.56 bits per heavy atom. The summed E-state index contributed by atoms with van der Waals surface area (Å²) in [5.41, 5.74) is 6.09. The van der Waals surface area contributed by atoms with Crippen LogP contribution in [-0.4, -0.2) is 44.0 Å². The average molecular weight is 350 g/mol. The van der Waals surface area contributed by atoms with E-state index < -0.39 is 41.6 Å². The van der Waals surface area contributed by atoms with Crippen LogP contribution in [0.3, 0.4) is 0 Å². The first-order valence-electron chi connectivity index (χ1n) is 7.60. The van der Waals surface area contributed by atoms with Crippen LogP contribution in [-0.2, 0) is 35.1 Å². The van der Waals surface area contributed by atoms with Crippen LogP contribution in [0.1, 0.15) is 12.5 Å². The summed E-state index contributed by atoms with van der Waals surface area (Å²) >= 11 is 0. The third-order valence-corrected chi connectivity index (χ3v) is 3.79. The van der Waals surface area contributed by atoms with Crippen molar-refractivity contribution in [2.24, 2.45) is 17.6 Å². The van der Waals surface area contributed by atoms with Gasteiger partial charge in [-0.2, -0.15) is 0 Å². The quantitative estimate of drug-likeness (QED) is 0.494. The number of hydrogen-bond donors (Lipinski definition) is 2. The fourth-order valence-corrected chi connectivity index (χ4v) is 2.44. The normalized spacial score (nSPS) is 12.8. The standard InChI is InChI=1S/C17H22N2O6/c1-10(13(16(22)24-2)17(23)25-3)14(15(18)21)19-12(20)9-11-7-5-4-6-8-11/h4-8,10,13-14H,9H2,1-3H3,(H2,18,21)(H,19,20)/t10-,14-/m1/s1. The predicted molar refractivity (Wildman–Crippen MR) is 88.0 cm³/mol. The number of ether oxygens (including phenoxy) is 2. The van der Waals surface area contributed by atoms with Gasteiger partial charge in [0.1, 0.15) is 6.04 Å². The Balaban J connectivity index is 2.93. The van der Waals surface area contributed by atoms with Crippen molar-refractivity contribution in [1.29, 1.82) is 0 Å². The Morgan fingerprint density at radius 3 is 2.00 bits per heavy atom. The molecule has 0 unspecified atom stereocenters. The number of primary amides is 1.